The van der Waals surface area contributed by atoms with E-state index in [0.29, 0.717) is 29.6 Å². The molecule has 0 fully saturated rings. The van der Waals surface area contributed by atoms with E-state index in [9.17, 15) is 0 Å². The zero-order valence-corrected chi connectivity index (χ0v) is 25.9. The van der Waals surface area contributed by atoms with Gasteiger partial charge in [-0.1, -0.05) is 88.2 Å². The molecule has 0 unspecified atom stereocenters. The van der Waals surface area contributed by atoms with E-state index in [1.807, 2.05) is 70.8 Å². The van der Waals surface area contributed by atoms with Gasteiger partial charge in [0.1, 0.15) is 6.26 Å². The highest BCUT2D eigenvalue weighted by atomic mass is 32.1. The molecule has 7 nitrogen and oxygen atoms in total. The van der Waals surface area contributed by atoms with Crippen molar-refractivity contribution in [2.24, 2.45) is 0 Å². The van der Waals surface area contributed by atoms with Gasteiger partial charge in [-0.15, -0.1) is 32.9 Å². The van der Waals surface area contributed by atoms with Gasteiger partial charge in [-0.05, 0) is 5.92 Å². The molecule has 0 bridgehead atoms. The standard InChI is InChI=1S/C6H9NO.2C6H9NS.C5H8N2O.2C2H6/c1-5(2)6-3-4-8-7-6;2*1-5(2)6-7-3-4-8-6;1-4(2)5-7-6-3-8-5;2*1-2/h3*3-5H,1-2H3;3-4H,1-2H3;2*1-2H3. The summed E-state index contributed by atoms with van der Waals surface area (Å²) in [5.74, 6) is 2.71. The molecule has 4 heterocycles. The predicted molar refractivity (Wildman–Crippen MR) is 154 cm³/mol. The van der Waals surface area contributed by atoms with E-state index in [1.165, 1.54) is 16.4 Å². The first-order valence-electron chi connectivity index (χ1n) is 12.7. The van der Waals surface area contributed by atoms with Crippen LogP contribution in [0.5, 0.6) is 0 Å². The molecular weight excluding hydrogens is 490 g/mol. The Morgan fingerprint density at radius 2 is 1.19 bits per heavy atom. The Bertz CT molecular complexity index is 735. The number of hydrogen-bond donors (Lipinski definition) is 0. The zero-order valence-electron chi connectivity index (χ0n) is 24.2. The lowest BCUT2D eigenvalue weighted by atomic mass is 10.1. The molecular formula is C27H47N5O2S2. The van der Waals surface area contributed by atoms with E-state index >= 15 is 0 Å². The van der Waals surface area contributed by atoms with E-state index in [2.05, 4.69) is 71.4 Å². The minimum Gasteiger partial charge on any atom is -0.428 e. The van der Waals surface area contributed by atoms with Gasteiger partial charge in [0.2, 0.25) is 12.3 Å². The third-order valence-electron chi connectivity index (χ3n) is 3.81. The van der Waals surface area contributed by atoms with Gasteiger partial charge in [0.05, 0.1) is 15.7 Å². The first-order chi connectivity index (χ1) is 17.2. The Morgan fingerprint density at radius 1 is 0.694 bits per heavy atom. The highest BCUT2D eigenvalue weighted by Crippen LogP contribution is 2.16. The third kappa shape index (κ3) is 17.1. The normalized spacial score (nSPS) is 9.56. The lowest BCUT2D eigenvalue weighted by Gasteiger charge is -1.93. The Labute approximate surface area is 226 Å². The summed E-state index contributed by atoms with van der Waals surface area (Å²) in [4.78, 5) is 8.27. The Kier molecular flexibility index (Phi) is 22.9. The average molecular weight is 538 g/mol. The van der Waals surface area contributed by atoms with Gasteiger partial charge in [-0.25, -0.2) is 9.97 Å². The molecule has 36 heavy (non-hydrogen) atoms. The highest BCUT2D eigenvalue weighted by molar-refractivity contribution is 7.09. The van der Waals surface area contributed by atoms with Crippen molar-refractivity contribution in [1.29, 1.82) is 0 Å². The maximum Gasteiger partial charge on any atom is 0.218 e. The molecule has 9 heteroatoms. The topological polar surface area (TPSA) is 90.7 Å². The van der Waals surface area contributed by atoms with E-state index in [-0.39, 0.29) is 0 Å². The number of nitrogens with zero attached hydrogens (tertiary/aromatic N) is 5. The number of aromatic nitrogens is 5. The summed E-state index contributed by atoms with van der Waals surface area (Å²) >= 11 is 3.44. The molecule has 0 aliphatic carbocycles. The van der Waals surface area contributed by atoms with Crippen LogP contribution in [0.4, 0.5) is 0 Å². The fourth-order valence-corrected chi connectivity index (χ4v) is 3.30. The molecule has 4 rings (SSSR count). The second kappa shape index (κ2) is 23.0. The average Bonchev–Trinajstić information content (AvgIpc) is 3.71. The molecule has 0 spiro atoms. The first kappa shape index (κ1) is 35.8. The minimum absolute atomic E-state index is 0.345. The van der Waals surface area contributed by atoms with E-state index in [1.54, 1.807) is 28.9 Å². The molecule has 4 aromatic heterocycles. The molecule has 0 atom stereocenters. The second-order valence-corrected chi connectivity index (χ2v) is 9.91. The van der Waals surface area contributed by atoms with Crippen LogP contribution in [0.2, 0.25) is 0 Å². The van der Waals surface area contributed by atoms with Crippen molar-refractivity contribution < 1.29 is 8.94 Å². The van der Waals surface area contributed by atoms with Gasteiger partial charge in [0.15, 0.2) is 0 Å². The lowest BCUT2D eigenvalue weighted by molar-refractivity contribution is 0.408. The Hall–Kier alpha value is -2.39. The maximum atomic E-state index is 4.87. The van der Waals surface area contributed by atoms with Crippen LogP contribution < -0.4 is 0 Å². The Morgan fingerprint density at radius 3 is 1.36 bits per heavy atom. The zero-order chi connectivity index (χ0) is 27.9. The third-order valence-corrected chi connectivity index (χ3v) is 5.96. The summed E-state index contributed by atoms with van der Waals surface area (Å²) in [6.45, 7) is 24.8. The molecule has 4 aromatic rings. The van der Waals surface area contributed by atoms with Gasteiger partial charge in [-0.2, -0.15) is 0 Å². The van der Waals surface area contributed by atoms with Gasteiger partial charge < -0.3 is 8.94 Å². The van der Waals surface area contributed by atoms with Crippen LogP contribution >= 0.6 is 22.7 Å². The van der Waals surface area contributed by atoms with Crippen LogP contribution in [-0.4, -0.2) is 25.3 Å². The first-order valence-corrected chi connectivity index (χ1v) is 14.4. The van der Waals surface area contributed by atoms with Gasteiger partial charge in [0.25, 0.3) is 0 Å². The van der Waals surface area contributed by atoms with Crippen molar-refractivity contribution in [2.75, 3.05) is 0 Å². The number of hydrogen-bond acceptors (Lipinski definition) is 9. The van der Waals surface area contributed by atoms with Crippen molar-refractivity contribution in [3.63, 3.8) is 0 Å². The molecule has 0 amide bonds. The fourth-order valence-electron chi connectivity index (χ4n) is 1.99. The summed E-state index contributed by atoms with van der Waals surface area (Å²) in [5.41, 5.74) is 1.02. The van der Waals surface area contributed by atoms with Gasteiger partial charge >= 0.3 is 0 Å². The van der Waals surface area contributed by atoms with E-state index < -0.39 is 0 Å². The molecule has 0 N–H and O–H groups in total. The number of thiazole rings is 2. The number of rotatable bonds is 4. The van der Waals surface area contributed by atoms with E-state index in [0.717, 1.165) is 5.69 Å². The van der Waals surface area contributed by atoms with Gasteiger partial charge in [-0.3, -0.25) is 0 Å². The van der Waals surface area contributed by atoms with Crippen molar-refractivity contribution in [3.8, 4) is 0 Å². The maximum absolute atomic E-state index is 4.87. The van der Waals surface area contributed by atoms with Crippen LogP contribution in [-0.2, 0) is 0 Å². The molecule has 0 radical (unpaired) electrons. The van der Waals surface area contributed by atoms with Crippen LogP contribution in [0.1, 0.15) is 128 Å². The van der Waals surface area contributed by atoms with Crippen molar-refractivity contribution in [3.05, 3.63) is 63.5 Å². The molecule has 0 aliphatic heterocycles. The summed E-state index contributed by atoms with van der Waals surface area (Å²) < 4.78 is 9.50. The molecule has 0 saturated heterocycles. The molecule has 0 saturated carbocycles. The van der Waals surface area contributed by atoms with Crippen LogP contribution in [0.3, 0.4) is 0 Å². The quantitative estimate of drug-likeness (QED) is 0.256. The molecule has 0 aromatic carbocycles. The van der Waals surface area contributed by atoms with Crippen molar-refractivity contribution >= 4 is 22.7 Å². The SMILES string of the molecule is CC.CC.CC(C)c1ccon1.CC(C)c1nccs1.CC(C)c1nccs1.CC(C)c1nnco1. The van der Waals surface area contributed by atoms with Crippen LogP contribution in [0.25, 0.3) is 0 Å². The molecule has 204 valence electrons. The minimum atomic E-state index is 0.345. The smallest absolute Gasteiger partial charge is 0.218 e. The van der Waals surface area contributed by atoms with Crippen molar-refractivity contribution in [2.45, 2.75) is 107 Å². The summed E-state index contributed by atoms with van der Waals surface area (Å²) in [5, 5.41) is 17.4. The summed E-state index contributed by atoms with van der Waals surface area (Å²) in [7, 11) is 0. The largest absolute Gasteiger partial charge is 0.428 e. The van der Waals surface area contributed by atoms with Crippen molar-refractivity contribution in [1.82, 2.24) is 25.3 Å². The Balaban J connectivity index is 0. The molecule has 0 aliphatic rings. The second-order valence-electron chi connectivity index (χ2n) is 8.06. The fraction of sp³-hybridized carbons (Fsp3) is 0.593. The summed E-state index contributed by atoms with van der Waals surface area (Å²) in [6, 6.07) is 1.88. The van der Waals surface area contributed by atoms with Crippen LogP contribution in [0.15, 0.2) is 50.8 Å². The monoisotopic (exact) mass is 537 g/mol. The highest BCUT2D eigenvalue weighted by Gasteiger charge is 2.02. The van der Waals surface area contributed by atoms with Gasteiger partial charge in [0, 0.05) is 47.0 Å². The lowest BCUT2D eigenvalue weighted by Crippen LogP contribution is -1.85. The predicted octanol–water partition coefficient (Wildman–Crippen LogP) is 9.58. The van der Waals surface area contributed by atoms with Crippen LogP contribution in [0, 0.1) is 0 Å². The van der Waals surface area contributed by atoms with E-state index in [4.69, 9.17) is 4.42 Å². The summed E-state index contributed by atoms with van der Waals surface area (Å²) in [6.07, 6.45) is 6.63.